The van der Waals surface area contributed by atoms with Gasteiger partial charge in [0.05, 0.1) is 18.8 Å². The number of rotatable bonds is 8. The van der Waals surface area contributed by atoms with E-state index in [-0.39, 0.29) is 0 Å². The molecule has 1 atom stereocenters. The highest BCUT2D eigenvalue weighted by Gasteiger charge is 2.19. The van der Waals surface area contributed by atoms with Crippen LogP contribution in [0.5, 0.6) is 5.88 Å². The van der Waals surface area contributed by atoms with Crippen LogP contribution in [0.1, 0.15) is 43.5 Å². The van der Waals surface area contributed by atoms with E-state index in [4.69, 9.17) is 19.6 Å². The molecule has 3 aromatic heterocycles. The third-order valence-corrected chi connectivity index (χ3v) is 7.87. The average molecular weight is 528 g/mol. The van der Waals surface area contributed by atoms with E-state index in [1.807, 2.05) is 6.07 Å². The normalized spacial score (nSPS) is 16.8. The Morgan fingerprint density at radius 2 is 2.05 bits per heavy atom. The molecule has 1 aliphatic rings. The van der Waals surface area contributed by atoms with Gasteiger partial charge in [0.1, 0.15) is 22.1 Å². The predicted molar refractivity (Wildman–Crippen MR) is 137 cm³/mol. The molecule has 9 nitrogen and oxygen atoms in total. The van der Waals surface area contributed by atoms with Crippen LogP contribution in [0.15, 0.2) is 41.4 Å². The first kappa shape index (κ1) is 25.5. The number of hydrogen-bond acceptors (Lipinski definition) is 7. The molecule has 0 radical (unpaired) electrons. The maximum Gasteiger partial charge on any atom is 0.240 e. The lowest BCUT2D eigenvalue weighted by Gasteiger charge is -2.14. The van der Waals surface area contributed by atoms with Crippen molar-refractivity contribution in [3.63, 3.8) is 0 Å². The molecular weight excluding hydrogens is 497 g/mol. The maximum absolute atomic E-state index is 14.6. The number of fused-ring (bicyclic) bond motifs is 3. The van der Waals surface area contributed by atoms with E-state index in [0.717, 1.165) is 67.6 Å². The fraction of sp³-hybridized carbons (Fsp3) is 0.423. The van der Waals surface area contributed by atoms with E-state index in [0.29, 0.717) is 29.6 Å². The summed E-state index contributed by atoms with van der Waals surface area (Å²) in [5, 5.41) is 5.94. The molecular formula is C26H30FN5O4S. The van der Waals surface area contributed by atoms with E-state index in [1.54, 1.807) is 25.4 Å². The summed E-state index contributed by atoms with van der Waals surface area (Å²) in [7, 11) is -2.60. The van der Waals surface area contributed by atoms with Gasteiger partial charge in [-0.1, -0.05) is 6.07 Å². The number of halogens is 1. The van der Waals surface area contributed by atoms with Gasteiger partial charge in [-0.15, -0.1) is 0 Å². The summed E-state index contributed by atoms with van der Waals surface area (Å²) in [4.78, 5) is 13.3. The van der Waals surface area contributed by atoms with Crippen LogP contribution in [0.2, 0.25) is 0 Å². The van der Waals surface area contributed by atoms with Crippen molar-refractivity contribution >= 4 is 32.1 Å². The molecule has 0 saturated carbocycles. The Labute approximate surface area is 214 Å². The lowest BCUT2D eigenvalue weighted by Crippen LogP contribution is -2.14. The van der Waals surface area contributed by atoms with E-state index in [9.17, 15) is 12.8 Å². The molecule has 1 aromatic carbocycles. The van der Waals surface area contributed by atoms with Crippen molar-refractivity contribution < 1.29 is 22.3 Å². The number of pyridine rings is 2. The van der Waals surface area contributed by atoms with Gasteiger partial charge in [0.25, 0.3) is 0 Å². The molecule has 0 aliphatic carbocycles. The van der Waals surface area contributed by atoms with Gasteiger partial charge in [-0.25, -0.2) is 27.9 Å². The molecule has 1 fully saturated rings. The van der Waals surface area contributed by atoms with Gasteiger partial charge in [0.15, 0.2) is 5.65 Å². The van der Waals surface area contributed by atoms with Crippen molar-refractivity contribution in [2.45, 2.75) is 50.0 Å². The molecule has 0 bridgehead atoms. The van der Waals surface area contributed by atoms with E-state index >= 15 is 0 Å². The summed E-state index contributed by atoms with van der Waals surface area (Å²) in [5.74, 6) is 1.08. The van der Waals surface area contributed by atoms with Crippen LogP contribution in [0.3, 0.4) is 0 Å². The number of nitrogens with zero attached hydrogens (tertiary/aromatic N) is 4. The number of aromatic nitrogens is 4. The fourth-order valence-electron chi connectivity index (χ4n) is 5.07. The Morgan fingerprint density at radius 1 is 1.19 bits per heavy atom. The third kappa shape index (κ3) is 5.58. The number of ether oxygens (including phenoxy) is 2. The van der Waals surface area contributed by atoms with Crippen LogP contribution < -0.4 is 9.88 Å². The zero-order valence-electron chi connectivity index (χ0n) is 20.7. The summed E-state index contributed by atoms with van der Waals surface area (Å²) < 4.78 is 50.9. The minimum atomic E-state index is -4.15. The second-order valence-electron chi connectivity index (χ2n) is 9.44. The zero-order valence-corrected chi connectivity index (χ0v) is 21.5. The van der Waals surface area contributed by atoms with E-state index in [1.165, 1.54) is 18.6 Å². The minimum Gasteiger partial charge on any atom is -0.481 e. The first-order valence-corrected chi connectivity index (χ1v) is 14.0. The van der Waals surface area contributed by atoms with Gasteiger partial charge < -0.3 is 14.0 Å². The second kappa shape index (κ2) is 10.7. The van der Waals surface area contributed by atoms with Crippen LogP contribution in [0.25, 0.3) is 22.1 Å². The van der Waals surface area contributed by atoms with Crippen molar-refractivity contribution in [2.75, 3.05) is 20.3 Å². The van der Waals surface area contributed by atoms with Gasteiger partial charge in [-0.3, -0.25) is 0 Å². The van der Waals surface area contributed by atoms with E-state index < -0.39 is 20.7 Å². The quantitative estimate of drug-likeness (QED) is 0.368. The maximum atomic E-state index is 14.6. The van der Waals surface area contributed by atoms with Crippen LogP contribution in [-0.4, -0.2) is 48.3 Å². The molecule has 37 heavy (non-hydrogen) atoms. The van der Waals surface area contributed by atoms with Gasteiger partial charge in [-0.05, 0) is 61.8 Å². The standard InChI is InChI=1S/C26H30FN5O4S/c1-35-24-10-8-19-25-21(15-29-26(19)31-24)30-23(6-2-4-17-5-3-12-36-13-11-17)32(25)16-18-7-9-22(20(27)14-18)37(28,33)34/h7-10,14-15,17H,2-6,11-13,16H2,1H3,(H2,28,33,34). The van der Waals surface area contributed by atoms with Crippen LogP contribution in [0.4, 0.5) is 4.39 Å². The van der Waals surface area contributed by atoms with Gasteiger partial charge in [0, 0.05) is 37.6 Å². The van der Waals surface area contributed by atoms with Gasteiger partial charge in [0.2, 0.25) is 15.9 Å². The van der Waals surface area contributed by atoms with Crippen LogP contribution in [-0.2, 0) is 27.7 Å². The fourth-order valence-corrected chi connectivity index (χ4v) is 5.66. The number of imidazole rings is 1. The Kier molecular flexibility index (Phi) is 7.36. The van der Waals surface area contributed by atoms with Crippen molar-refractivity contribution in [3.05, 3.63) is 53.7 Å². The van der Waals surface area contributed by atoms with Crippen LogP contribution in [0, 0.1) is 11.7 Å². The van der Waals surface area contributed by atoms with Crippen molar-refractivity contribution in [3.8, 4) is 5.88 Å². The predicted octanol–water partition coefficient (Wildman–Crippen LogP) is 3.96. The summed E-state index contributed by atoms with van der Waals surface area (Å²) in [6.45, 7) is 1.96. The molecule has 196 valence electrons. The third-order valence-electron chi connectivity index (χ3n) is 6.92. The molecule has 1 unspecified atom stereocenters. The number of primary sulfonamides is 1. The molecule has 0 amide bonds. The second-order valence-corrected chi connectivity index (χ2v) is 11.0. The SMILES string of the molecule is COc1ccc2c(ncc3nc(CCCC4CCCOCC4)n(Cc4ccc(S(N)(=O)=O)c(F)c4)c32)n1. The number of nitrogens with two attached hydrogens (primary N) is 1. The Bertz CT molecular complexity index is 1530. The Hall–Kier alpha value is -3.15. The topological polar surface area (TPSA) is 122 Å². The molecule has 2 N–H and O–H groups in total. The molecule has 1 aliphatic heterocycles. The number of aryl methyl sites for hydroxylation is 1. The highest BCUT2D eigenvalue weighted by atomic mass is 32.2. The molecule has 0 spiro atoms. The summed E-state index contributed by atoms with van der Waals surface area (Å²) >= 11 is 0. The van der Waals surface area contributed by atoms with Gasteiger partial charge >= 0.3 is 0 Å². The van der Waals surface area contributed by atoms with Crippen molar-refractivity contribution in [1.29, 1.82) is 0 Å². The number of hydrogen-bond donors (Lipinski definition) is 1. The Balaban J connectivity index is 1.52. The molecule has 5 rings (SSSR count). The molecule has 11 heteroatoms. The monoisotopic (exact) mass is 527 g/mol. The minimum absolute atomic E-state index is 0.302. The lowest BCUT2D eigenvalue weighted by atomic mass is 9.94. The smallest absolute Gasteiger partial charge is 0.240 e. The largest absolute Gasteiger partial charge is 0.481 e. The number of benzene rings is 1. The zero-order chi connectivity index (χ0) is 26.0. The highest BCUT2D eigenvalue weighted by Crippen LogP contribution is 2.29. The first-order valence-electron chi connectivity index (χ1n) is 12.4. The summed E-state index contributed by atoms with van der Waals surface area (Å²) in [6, 6.07) is 7.67. The summed E-state index contributed by atoms with van der Waals surface area (Å²) in [6.07, 6.45) is 7.83. The van der Waals surface area contributed by atoms with E-state index in [2.05, 4.69) is 14.5 Å². The van der Waals surface area contributed by atoms with Gasteiger partial charge in [-0.2, -0.15) is 4.98 Å². The van der Waals surface area contributed by atoms with Crippen molar-refractivity contribution in [2.24, 2.45) is 11.1 Å². The molecule has 4 heterocycles. The Morgan fingerprint density at radius 3 is 2.84 bits per heavy atom. The summed E-state index contributed by atoms with van der Waals surface area (Å²) in [5.41, 5.74) is 2.68. The first-order chi connectivity index (χ1) is 17.8. The number of sulfonamides is 1. The van der Waals surface area contributed by atoms with Crippen LogP contribution >= 0.6 is 0 Å². The average Bonchev–Trinajstić information content (AvgIpc) is 3.02. The lowest BCUT2D eigenvalue weighted by molar-refractivity contribution is 0.141. The molecule has 1 saturated heterocycles. The highest BCUT2D eigenvalue weighted by molar-refractivity contribution is 7.89. The number of methoxy groups -OCH3 is 1. The van der Waals surface area contributed by atoms with Crippen molar-refractivity contribution in [1.82, 2.24) is 19.5 Å². The molecule has 4 aromatic rings.